The molecule has 0 radical (unpaired) electrons. The van der Waals surface area contributed by atoms with E-state index >= 15 is 0 Å². The van der Waals surface area contributed by atoms with Crippen molar-refractivity contribution >= 4 is 0 Å². The van der Waals surface area contributed by atoms with Crippen molar-refractivity contribution in [1.82, 2.24) is 0 Å². The summed E-state index contributed by atoms with van der Waals surface area (Å²) in [5.41, 5.74) is 0. The Bertz CT molecular complexity index is 34.5. The third-order valence-corrected chi connectivity index (χ3v) is 1.07. The minimum atomic E-state index is 0. The number of hydrogen-bond donors (Lipinski definition) is 1. The quantitative estimate of drug-likeness (QED) is 0.622. The molecule has 1 nitrogen and oxygen atoms in total. The van der Waals surface area contributed by atoms with E-state index in [0.717, 1.165) is 12.8 Å². The molecule has 1 N–H and O–H groups in total. The third-order valence-electron chi connectivity index (χ3n) is 1.07. The summed E-state index contributed by atoms with van der Waals surface area (Å²) in [6.45, 7) is 0. The first-order valence-electron chi connectivity index (χ1n) is 2.07. The molecule has 0 amide bonds. The maximum atomic E-state index is 8.45. The van der Waals surface area contributed by atoms with Gasteiger partial charge < -0.3 is 5.11 Å². The van der Waals surface area contributed by atoms with Crippen LogP contribution in [0, 0.1) is 0 Å². The third kappa shape index (κ3) is 1.52. The van der Waals surface area contributed by atoms with Crippen molar-refractivity contribution in [2.75, 3.05) is 0 Å². The minimum absolute atomic E-state index is 0. The zero-order valence-corrected chi connectivity index (χ0v) is 7.24. The molecule has 1 saturated carbocycles. The van der Waals surface area contributed by atoms with Gasteiger partial charge in [-0.15, -0.1) is 0 Å². The Morgan fingerprint density at radius 1 is 1.33 bits per heavy atom. The van der Waals surface area contributed by atoms with Crippen LogP contribution in [-0.2, 0) is 25.8 Å². The zero-order chi connectivity index (χ0) is 3.70. The van der Waals surface area contributed by atoms with Gasteiger partial charge in [-0.25, -0.2) is 0 Å². The molecule has 0 unspecified atom stereocenters. The molecule has 2 heteroatoms. The Labute approximate surface area is 56.5 Å². The Morgan fingerprint density at radius 3 is 1.67 bits per heavy atom. The number of rotatable bonds is 0. The van der Waals surface area contributed by atoms with Crippen LogP contribution in [0.2, 0.25) is 0 Å². The molecule has 0 aromatic heterocycles. The van der Waals surface area contributed by atoms with Crippen molar-refractivity contribution in [3.63, 3.8) is 0 Å². The van der Waals surface area contributed by atoms with Gasteiger partial charge in [0.15, 0.2) is 0 Å². The normalized spacial score (nSPS) is 21.5. The van der Waals surface area contributed by atoms with Gasteiger partial charge in [0, 0.05) is 25.8 Å². The SMILES string of the molecule is OC1CCC1.[Hf]. The predicted molar refractivity (Wildman–Crippen MR) is 19.9 cm³/mol. The molecule has 1 fully saturated rings. The van der Waals surface area contributed by atoms with Crippen LogP contribution < -0.4 is 0 Å². The molecule has 0 aromatic rings. The predicted octanol–water partition coefficient (Wildman–Crippen LogP) is 0.529. The summed E-state index contributed by atoms with van der Waals surface area (Å²) in [6, 6.07) is 0. The molecular formula is C4H8HfO. The van der Waals surface area contributed by atoms with Crippen molar-refractivity contribution in [3.8, 4) is 0 Å². The molecule has 1 aliphatic carbocycles. The van der Waals surface area contributed by atoms with Gasteiger partial charge >= 0.3 is 0 Å². The average molecular weight is 251 g/mol. The van der Waals surface area contributed by atoms with Gasteiger partial charge in [0.2, 0.25) is 0 Å². The molecule has 0 saturated heterocycles. The second-order valence-corrected chi connectivity index (χ2v) is 1.58. The van der Waals surface area contributed by atoms with Gasteiger partial charge in [-0.2, -0.15) is 0 Å². The first-order valence-corrected chi connectivity index (χ1v) is 2.07. The van der Waals surface area contributed by atoms with Crippen LogP contribution in [0.3, 0.4) is 0 Å². The fraction of sp³-hybridized carbons (Fsp3) is 1.00. The molecule has 0 bridgehead atoms. The van der Waals surface area contributed by atoms with Crippen molar-refractivity contribution in [1.29, 1.82) is 0 Å². The molecule has 0 heterocycles. The molecule has 0 aliphatic heterocycles. The molecule has 6 heavy (non-hydrogen) atoms. The van der Waals surface area contributed by atoms with E-state index < -0.39 is 0 Å². The van der Waals surface area contributed by atoms with Crippen LogP contribution in [0.15, 0.2) is 0 Å². The smallest absolute Gasteiger partial charge is 0.0540 e. The van der Waals surface area contributed by atoms with Crippen LogP contribution in [-0.4, -0.2) is 11.2 Å². The van der Waals surface area contributed by atoms with Gasteiger partial charge in [0.05, 0.1) is 6.10 Å². The van der Waals surface area contributed by atoms with E-state index in [1.807, 2.05) is 0 Å². The van der Waals surface area contributed by atoms with Crippen molar-refractivity contribution < 1.29 is 30.9 Å². The van der Waals surface area contributed by atoms with Gasteiger partial charge in [-0.05, 0) is 19.3 Å². The number of aliphatic hydroxyl groups excluding tert-OH is 1. The van der Waals surface area contributed by atoms with Crippen molar-refractivity contribution in [2.24, 2.45) is 0 Å². The molecule has 0 aromatic carbocycles. The standard InChI is InChI=1S/C4H8O.Hf/c5-4-2-1-3-4;/h4-5H,1-3H2;. The summed E-state index contributed by atoms with van der Waals surface area (Å²) in [7, 11) is 0. The van der Waals surface area contributed by atoms with Gasteiger partial charge in [-0.3, -0.25) is 0 Å². The topological polar surface area (TPSA) is 20.2 Å². The molecule has 0 atom stereocenters. The van der Waals surface area contributed by atoms with Crippen LogP contribution in [0.4, 0.5) is 0 Å². The summed E-state index contributed by atoms with van der Waals surface area (Å²) in [5, 5.41) is 8.45. The van der Waals surface area contributed by atoms with E-state index in [4.69, 9.17) is 5.11 Å². The summed E-state index contributed by atoms with van der Waals surface area (Å²) in [6.07, 6.45) is 3.39. The first kappa shape index (κ1) is 6.83. The van der Waals surface area contributed by atoms with E-state index in [-0.39, 0.29) is 31.9 Å². The zero-order valence-electron chi connectivity index (χ0n) is 3.65. The van der Waals surface area contributed by atoms with Gasteiger partial charge in [0.25, 0.3) is 0 Å². The van der Waals surface area contributed by atoms with E-state index in [1.165, 1.54) is 6.42 Å². The second-order valence-electron chi connectivity index (χ2n) is 1.58. The maximum Gasteiger partial charge on any atom is 0.0540 e. The molecule has 1 rings (SSSR count). The van der Waals surface area contributed by atoms with Crippen LogP contribution in [0.5, 0.6) is 0 Å². The molecular weight excluding hydrogens is 243 g/mol. The molecule has 1 aliphatic rings. The van der Waals surface area contributed by atoms with Crippen LogP contribution in [0.1, 0.15) is 19.3 Å². The first-order chi connectivity index (χ1) is 2.39. The second kappa shape index (κ2) is 2.92. The summed E-state index contributed by atoms with van der Waals surface area (Å²) in [4.78, 5) is 0. The van der Waals surface area contributed by atoms with Crippen LogP contribution in [0.25, 0.3) is 0 Å². The minimum Gasteiger partial charge on any atom is -0.393 e. The molecule has 34 valence electrons. The number of hydrogen-bond acceptors (Lipinski definition) is 1. The Kier molecular flexibility index (Phi) is 3.32. The average Bonchev–Trinajstić information content (AvgIpc) is 1.30. The fourth-order valence-electron chi connectivity index (χ4n) is 0.387. The van der Waals surface area contributed by atoms with Crippen molar-refractivity contribution in [2.45, 2.75) is 25.4 Å². The van der Waals surface area contributed by atoms with E-state index in [9.17, 15) is 0 Å². The monoisotopic (exact) mass is 252 g/mol. The van der Waals surface area contributed by atoms with E-state index in [0.29, 0.717) is 0 Å². The van der Waals surface area contributed by atoms with Crippen LogP contribution >= 0.6 is 0 Å². The Balaban J connectivity index is 0.000000250. The fourth-order valence-corrected chi connectivity index (χ4v) is 0.387. The van der Waals surface area contributed by atoms with Crippen molar-refractivity contribution in [3.05, 3.63) is 0 Å². The van der Waals surface area contributed by atoms with Gasteiger partial charge in [-0.1, -0.05) is 0 Å². The number of aliphatic hydroxyl groups is 1. The summed E-state index contributed by atoms with van der Waals surface area (Å²) < 4.78 is 0. The van der Waals surface area contributed by atoms with E-state index in [2.05, 4.69) is 0 Å². The van der Waals surface area contributed by atoms with E-state index in [1.54, 1.807) is 0 Å². The molecule has 0 spiro atoms. The summed E-state index contributed by atoms with van der Waals surface area (Å²) >= 11 is 0. The maximum absolute atomic E-state index is 8.45. The van der Waals surface area contributed by atoms with Gasteiger partial charge in [0.1, 0.15) is 0 Å². The summed E-state index contributed by atoms with van der Waals surface area (Å²) in [5.74, 6) is 0. The largest absolute Gasteiger partial charge is 0.393 e. The Morgan fingerprint density at radius 2 is 1.67 bits per heavy atom. The Hall–Kier alpha value is 0.830.